The molecule has 2 atom stereocenters. The Kier molecular flexibility index (Phi) is 5.71. The molecule has 0 heterocycles. The molecule has 2 unspecified atom stereocenters. The maximum absolute atomic E-state index is 9.19. The van der Waals surface area contributed by atoms with Crippen molar-refractivity contribution < 1.29 is 5.11 Å². The average molecular weight is 239 g/mol. The maximum Gasteiger partial charge on any atom is 0.115 e. The van der Waals surface area contributed by atoms with E-state index in [1.165, 1.54) is 5.56 Å². The summed E-state index contributed by atoms with van der Waals surface area (Å²) in [4.78, 5) is 0. The van der Waals surface area contributed by atoms with Gasteiger partial charge >= 0.3 is 0 Å². The summed E-state index contributed by atoms with van der Waals surface area (Å²) in [6.45, 7) is 4.41. The van der Waals surface area contributed by atoms with Crippen LogP contribution in [0.5, 0.6) is 5.75 Å². The minimum atomic E-state index is 0.333. The van der Waals surface area contributed by atoms with Crippen molar-refractivity contribution >= 4 is 11.8 Å². The number of hydrogen-bond acceptors (Lipinski definition) is 3. The zero-order valence-electron chi connectivity index (χ0n) is 10.2. The van der Waals surface area contributed by atoms with Crippen LogP contribution in [0.25, 0.3) is 0 Å². The number of nitrogens with one attached hydrogen (secondary N) is 1. The lowest BCUT2D eigenvalue weighted by Gasteiger charge is -2.19. The smallest absolute Gasteiger partial charge is 0.115 e. The van der Waals surface area contributed by atoms with Gasteiger partial charge in [0.15, 0.2) is 0 Å². The van der Waals surface area contributed by atoms with E-state index < -0.39 is 0 Å². The maximum atomic E-state index is 9.19. The second-order valence-electron chi connectivity index (χ2n) is 4.29. The van der Waals surface area contributed by atoms with Crippen LogP contribution in [0.4, 0.5) is 0 Å². The van der Waals surface area contributed by atoms with Gasteiger partial charge in [0.1, 0.15) is 5.75 Å². The largest absolute Gasteiger partial charge is 0.508 e. The fourth-order valence-electron chi connectivity index (χ4n) is 1.83. The van der Waals surface area contributed by atoms with Crippen LogP contribution in [0.1, 0.15) is 19.4 Å². The number of phenols is 1. The van der Waals surface area contributed by atoms with E-state index >= 15 is 0 Å². The Balaban J connectivity index is 2.39. The molecule has 3 heteroatoms. The monoisotopic (exact) mass is 239 g/mol. The Hall–Kier alpha value is -0.670. The lowest BCUT2D eigenvalue weighted by atomic mass is 10.1. The second-order valence-corrected chi connectivity index (χ2v) is 5.21. The first-order chi connectivity index (χ1) is 7.61. The van der Waals surface area contributed by atoms with E-state index in [1.807, 2.05) is 23.9 Å². The van der Waals surface area contributed by atoms with E-state index in [0.29, 0.717) is 17.8 Å². The van der Waals surface area contributed by atoms with Gasteiger partial charge in [-0.25, -0.2) is 0 Å². The zero-order chi connectivity index (χ0) is 12.0. The highest BCUT2D eigenvalue weighted by molar-refractivity contribution is 7.98. The molecule has 1 aromatic carbocycles. The molecule has 2 N–H and O–H groups in total. The number of benzene rings is 1. The molecule has 0 saturated carbocycles. The third kappa shape index (κ3) is 4.90. The lowest BCUT2D eigenvalue weighted by Crippen LogP contribution is -2.37. The van der Waals surface area contributed by atoms with E-state index in [9.17, 15) is 5.11 Å². The van der Waals surface area contributed by atoms with Crippen molar-refractivity contribution in [1.29, 1.82) is 0 Å². The van der Waals surface area contributed by atoms with E-state index in [2.05, 4.69) is 25.4 Å². The average Bonchev–Trinajstić information content (AvgIpc) is 2.21. The molecule has 16 heavy (non-hydrogen) atoms. The van der Waals surface area contributed by atoms with Crippen LogP contribution < -0.4 is 5.32 Å². The molecule has 0 radical (unpaired) electrons. The van der Waals surface area contributed by atoms with E-state index in [-0.39, 0.29) is 0 Å². The third-order valence-electron chi connectivity index (χ3n) is 2.46. The Bertz CT molecular complexity index is 299. The molecule has 1 rings (SSSR count). The van der Waals surface area contributed by atoms with Crippen molar-refractivity contribution in [1.82, 2.24) is 5.32 Å². The van der Waals surface area contributed by atoms with Crippen LogP contribution in [0.2, 0.25) is 0 Å². The highest BCUT2D eigenvalue weighted by Crippen LogP contribution is 2.11. The summed E-state index contributed by atoms with van der Waals surface area (Å²) in [6, 6.07) is 8.45. The summed E-state index contributed by atoms with van der Waals surface area (Å²) < 4.78 is 0. The van der Waals surface area contributed by atoms with Gasteiger partial charge in [-0.1, -0.05) is 12.1 Å². The summed E-state index contributed by atoms with van der Waals surface area (Å²) in [7, 11) is 0. The van der Waals surface area contributed by atoms with Crippen molar-refractivity contribution in [2.24, 2.45) is 0 Å². The summed E-state index contributed by atoms with van der Waals surface area (Å²) >= 11 is 1.86. The van der Waals surface area contributed by atoms with Gasteiger partial charge < -0.3 is 10.4 Å². The van der Waals surface area contributed by atoms with Gasteiger partial charge in [-0.2, -0.15) is 11.8 Å². The molecule has 0 bridgehead atoms. The van der Waals surface area contributed by atoms with Crippen LogP contribution >= 0.6 is 11.8 Å². The van der Waals surface area contributed by atoms with Crippen LogP contribution in [0.3, 0.4) is 0 Å². The predicted molar refractivity (Wildman–Crippen MR) is 72.3 cm³/mol. The first kappa shape index (κ1) is 13.4. The molecule has 1 aromatic rings. The summed E-state index contributed by atoms with van der Waals surface area (Å²) in [5.41, 5.74) is 1.26. The van der Waals surface area contributed by atoms with Gasteiger partial charge in [-0.3, -0.25) is 0 Å². The summed E-state index contributed by atoms with van der Waals surface area (Å²) in [5.74, 6) is 1.47. The summed E-state index contributed by atoms with van der Waals surface area (Å²) in [5, 5.41) is 12.7. The van der Waals surface area contributed by atoms with E-state index in [0.717, 1.165) is 12.2 Å². The molecular weight excluding hydrogens is 218 g/mol. The molecule has 0 aliphatic rings. The standard InChI is InChI=1S/C13H21NOS/c1-10(14-11(2)9-16-3)8-12-4-6-13(15)7-5-12/h4-7,10-11,14-15H,8-9H2,1-3H3. The SMILES string of the molecule is CSCC(C)NC(C)Cc1ccc(O)cc1. The molecular formula is C13H21NOS. The van der Waals surface area contributed by atoms with Crippen molar-refractivity contribution in [3.63, 3.8) is 0 Å². The van der Waals surface area contributed by atoms with Gasteiger partial charge in [0.2, 0.25) is 0 Å². The fraction of sp³-hybridized carbons (Fsp3) is 0.538. The topological polar surface area (TPSA) is 32.3 Å². The van der Waals surface area contributed by atoms with Crippen LogP contribution in [0, 0.1) is 0 Å². The molecule has 0 spiro atoms. The van der Waals surface area contributed by atoms with E-state index in [1.54, 1.807) is 12.1 Å². The second kappa shape index (κ2) is 6.81. The van der Waals surface area contributed by atoms with Crippen LogP contribution in [0.15, 0.2) is 24.3 Å². The molecule has 90 valence electrons. The van der Waals surface area contributed by atoms with Gasteiger partial charge in [0.05, 0.1) is 0 Å². The molecule has 0 amide bonds. The minimum Gasteiger partial charge on any atom is -0.508 e. The third-order valence-corrected chi connectivity index (χ3v) is 3.30. The van der Waals surface area contributed by atoms with Crippen molar-refractivity contribution in [2.45, 2.75) is 32.4 Å². The molecule has 0 saturated heterocycles. The van der Waals surface area contributed by atoms with Gasteiger partial charge in [0.25, 0.3) is 0 Å². The summed E-state index contributed by atoms with van der Waals surface area (Å²) in [6.07, 6.45) is 3.13. The minimum absolute atomic E-state index is 0.333. The molecule has 2 nitrogen and oxygen atoms in total. The first-order valence-corrected chi connectivity index (χ1v) is 7.04. The normalized spacial score (nSPS) is 14.7. The number of hydrogen-bond donors (Lipinski definition) is 2. The van der Waals surface area contributed by atoms with Gasteiger partial charge in [-0.15, -0.1) is 0 Å². The quantitative estimate of drug-likeness (QED) is 0.800. The number of rotatable bonds is 6. The Morgan fingerprint density at radius 3 is 2.38 bits per heavy atom. The number of phenolic OH excluding ortho intramolecular Hbond substituents is 1. The van der Waals surface area contributed by atoms with Crippen molar-refractivity contribution in [2.75, 3.05) is 12.0 Å². The van der Waals surface area contributed by atoms with Gasteiger partial charge in [0, 0.05) is 17.8 Å². The molecule has 0 aliphatic heterocycles. The Labute approximate surface area is 102 Å². The molecule has 0 aromatic heterocycles. The number of thioether (sulfide) groups is 1. The highest BCUT2D eigenvalue weighted by atomic mass is 32.2. The van der Waals surface area contributed by atoms with Crippen LogP contribution in [-0.4, -0.2) is 29.2 Å². The number of aromatic hydroxyl groups is 1. The molecule has 0 aliphatic carbocycles. The van der Waals surface area contributed by atoms with E-state index in [4.69, 9.17) is 0 Å². The fourth-order valence-corrected chi connectivity index (χ4v) is 2.42. The first-order valence-electron chi connectivity index (χ1n) is 5.64. The Morgan fingerprint density at radius 2 is 1.81 bits per heavy atom. The molecule has 0 fully saturated rings. The van der Waals surface area contributed by atoms with Gasteiger partial charge in [-0.05, 0) is 44.2 Å². The zero-order valence-corrected chi connectivity index (χ0v) is 11.1. The highest BCUT2D eigenvalue weighted by Gasteiger charge is 2.07. The van der Waals surface area contributed by atoms with Crippen molar-refractivity contribution in [3.05, 3.63) is 29.8 Å². The van der Waals surface area contributed by atoms with Crippen LogP contribution in [-0.2, 0) is 6.42 Å². The Morgan fingerprint density at radius 1 is 1.19 bits per heavy atom. The predicted octanol–water partition coefficient (Wildman–Crippen LogP) is 2.66. The lowest BCUT2D eigenvalue weighted by molar-refractivity contribution is 0.473. The van der Waals surface area contributed by atoms with Crippen molar-refractivity contribution in [3.8, 4) is 5.75 Å².